The van der Waals surface area contributed by atoms with E-state index in [1.807, 2.05) is 12.1 Å². The molecule has 1 aromatic carbocycles. The highest BCUT2D eigenvalue weighted by atomic mass is 16.5. The van der Waals surface area contributed by atoms with Crippen LogP contribution in [0.3, 0.4) is 0 Å². The number of ether oxygens (including phenoxy) is 1. The minimum atomic E-state index is 0.556. The molecule has 3 nitrogen and oxygen atoms in total. The van der Waals surface area contributed by atoms with Gasteiger partial charge in [-0.25, -0.2) is 4.98 Å². The van der Waals surface area contributed by atoms with Crippen LogP contribution in [-0.4, -0.2) is 4.98 Å². The van der Waals surface area contributed by atoms with Gasteiger partial charge in [-0.3, -0.25) is 0 Å². The Kier molecular flexibility index (Phi) is 3.82. The number of benzene rings is 1. The van der Waals surface area contributed by atoms with Crippen molar-refractivity contribution in [1.29, 1.82) is 0 Å². The molecule has 0 radical (unpaired) electrons. The first kappa shape index (κ1) is 12.4. The molecule has 0 saturated carbocycles. The lowest BCUT2D eigenvalue weighted by atomic mass is 9.99. The van der Waals surface area contributed by atoms with Gasteiger partial charge in [-0.1, -0.05) is 26.0 Å². The molecule has 0 spiro atoms. The number of nitrogens with two attached hydrogens (primary N) is 1. The monoisotopic (exact) mass is 242 g/mol. The molecule has 3 heteroatoms. The predicted molar refractivity (Wildman–Crippen MR) is 73.9 cm³/mol. The lowest BCUT2D eigenvalue weighted by Gasteiger charge is -2.10. The van der Waals surface area contributed by atoms with E-state index in [0.29, 0.717) is 17.5 Å². The zero-order chi connectivity index (χ0) is 13.0. The summed E-state index contributed by atoms with van der Waals surface area (Å²) < 4.78 is 5.64. The first-order chi connectivity index (χ1) is 8.69. The highest BCUT2D eigenvalue weighted by molar-refractivity contribution is 5.38. The van der Waals surface area contributed by atoms with E-state index in [2.05, 4.69) is 31.0 Å². The maximum Gasteiger partial charge on any atom is 0.219 e. The first-order valence-electron chi connectivity index (χ1n) is 6.18. The Hall–Kier alpha value is -2.03. The van der Waals surface area contributed by atoms with Gasteiger partial charge in [0.1, 0.15) is 5.75 Å². The van der Waals surface area contributed by atoms with Gasteiger partial charge in [0.2, 0.25) is 5.88 Å². The van der Waals surface area contributed by atoms with Crippen LogP contribution in [0, 0.1) is 0 Å². The fraction of sp³-hybridized carbons (Fsp3) is 0.267. The molecule has 2 N–H and O–H groups in total. The predicted octanol–water partition coefficient (Wildman–Crippen LogP) is 3.97. The van der Waals surface area contributed by atoms with E-state index in [9.17, 15) is 0 Å². The highest BCUT2D eigenvalue weighted by Gasteiger charge is 2.03. The summed E-state index contributed by atoms with van der Waals surface area (Å²) >= 11 is 0. The van der Waals surface area contributed by atoms with Crippen molar-refractivity contribution in [1.82, 2.24) is 4.98 Å². The zero-order valence-corrected chi connectivity index (χ0v) is 10.8. The summed E-state index contributed by atoms with van der Waals surface area (Å²) in [7, 11) is 0. The standard InChI is InChI=1S/C15H18N2O/c1-3-11(2)12-4-7-14(8-5-12)18-15-9-6-13(16)10-17-15/h4-11H,3,16H2,1-2H3. The number of pyridine rings is 1. The van der Waals surface area contributed by atoms with Crippen molar-refractivity contribution in [2.45, 2.75) is 26.2 Å². The van der Waals surface area contributed by atoms with E-state index in [0.717, 1.165) is 12.2 Å². The SMILES string of the molecule is CCC(C)c1ccc(Oc2ccc(N)cn2)cc1. The van der Waals surface area contributed by atoms with Crippen molar-refractivity contribution in [2.75, 3.05) is 5.73 Å². The summed E-state index contributed by atoms with van der Waals surface area (Å²) in [6.07, 6.45) is 2.72. The molecule has 0 bridgehead atoms. The molecule has 0 saturated heterocycles. The van der Waals surface area contributed by atoms with E-state index in [1.54, 1.807) is 18.3 Å². The van der Waals surface area contributed by atoms with Crippen LogP contribution >= 0.6 is 0 Å². The number of nitrogens with zero attached hydrogens (tertiary/aromatic N) is 1. The van der Waals surface area contributed by atoms with E-state index < -0.39 is 0 Å². The van der Waals surface area contributed by atoms with Crippen LogP contribution in [0.2, 0.25) is 0 Å². The minimum Gasteiger partial charge on any atom is -0.439 e. The third-order valence-corrected chi connectivity index (χ3v) is 3.04. The van der Waals surface area contributed by atoms with Gasteiger partial charge in [0.05, 0.1) is 11.9 Å². The Balaban J connectivity index is 2.08. The molecule has 0 aliphatic carbocycles. The summed E-state index contributed by atoms with van der Waals surface area (Å²) in [6, 6.07) is 11.7. The van der Waals surface area contributed by atoms with Crippen LogP contribution in [0.1, 0.15) is 31.7 Å². The largest absolute Gasteiger partial charge is 0.439 e. The number of anilines is 1. The molecule has 1 atom stereocenters. The van der Waals surface area contributed by atoms with Gasteiger partial charge < -0.3 is 10.5 Å². The third kappa shape index (κ3) is 3.00. The van der Waals surface area contributed by atoms with Crippen LogP contribution in [0.15, 0.2) is 42.6 Å². The molecule has 2 rings (SSSR count). The van der Waals surface area contributed by atoms with Crippen molar-refractivity contribution in [3.05, 3.63) is 48.2 Å². The number of hydrogen-bond acceptors (Lipinski definition) is 3. The van der Waals surface area contributed by atoms with Gasteiger partial charge in [0.15, 0.2) is 0 Å². The average Bonchev–Trinajstić information content (AvgIpc) is 2.41. The Morgan fingerprint density at radius 1 is 1.17 bits per heavy atom. The first-order valence-corrected chi connectivity index (χ1v) is 6.18. The lowest BCUT2D eigenvalue weighted by Crippen LogP contribution is -1.92. The minimum absolute atomic E-state index is 0.556. The maximum atomic E-state index is 5.64. The van der Waals surface area contributed by atoms with E-state index in [4.69, 9.17) is 10.5 Å². The van der Waals surface area contributed by atoms with Crippen LogP contribution in [-0.2, 0) is 0 Å². The summed E-state index contributed by atoms with van der Waals surface area (Å²) in [5.74, 6) is 1.92. The van der Waals surface area contributed by atoms with Crippen molar-refractivity contribution < 1.29 is 4.74 Å². The molecule has 0 amide bonds. The van der Waals surface area contributed by atoms with Crippen molar-refractivity contribution >= 4 is 5.69 Å². The van der Waals surface area contributed by atoms with E-state index >= 15 is 0 Å². The molecule has 1 aromatic heterocycles. The second kappa shape index (κ2) is 5.54. The second-order valence-corrected chi connectivity index (χ2v) is 4.41. The molecule has 0 aliphatic rings. The summed E-state index contributed by atoms with van der Waals surface area (Å²) in [5, 5.41) is 0. The van der Waals surface area contributed by atoms with Gasteiger partial charge in [-0.2, -0.15) is 0 Å². The lowest BCUT2D eigenvalue weighted by molar-refractivity contribution is 0.463. The van der Waals surface area contributed by atoms with Crippen LogP contribution in [0.5, 0.6) is 11.6 Å². The summed E-state index contributed by atoms with van der Waals surface area (Å²) in [5.41, 5.74) is 7.53. The van der Waals surface area contributed by atoms with Crippen molar-refractivity contribution in [3.8, 4) is 11.6 Å². The normalized spacial score (nSPS) is 12.1. The summed E-state index contributed by atoms with van der Waals surface area (Å²) in [4.78, 5) is 4.10. The number of nitrogen functional groups attached to an aromatic ring is 1. The molecular weight excluding hydrogens is 224 g/mol. The molecule has 2 aromatic rings. The van der Waals surface area contributed by atoms with Gasteiger partial charge in [-0.15, -0.1) is 0 Å². The Bertz CT molecular complexity index is 491. The third-order valence-electron chi connectivity index (χ3n) is 3.04. The maximum absolute atomic E-state index is 5.64. The van der Waals surface area contributed by atoms with Gasteiger partial charge in [0, 0.05) is 6.07 Å². The Labute approximate surface area is 108 Å². The van der Waals surface area contributed by atoms with E-state index in [1.165, 1.54) is 5.56 Å². The molecule has 18 heavy (non-hydrogen) atoms. The van der Waals surface area contributed by atoms with Crippen LogP contribution < -0.4 is 10.5 Å². The number of hydrogen-bond donors (Lipinski definition) is 1. The fourth-order valence-corrected chi connectivity index (χ4v) is 1.67. The van der Waals surface area contributed by atoms with Crippen molar-refractivity contribution in [3.63, 3.8) is 0 Å². The Morgan fingerprint density at radius 2 is 1.89 bits per heavy atom. The zero-order valence-electron chi connectivity index (χ0n) is 10.8. The molecule has 94 valence electrons. The van der Waals surface area contributed by atoms with Gasteiger partial charge in [-0.05, 0) is 36.1 Å². The molecule has 0 aliphatic heterocycles. The molecule has 0 fully saturated rings. The Morgan fingerprint density at radius 3 is 2.44 bits per heavy atom. The van der Waals surface area contributed by atoms with Crippen molar-refractivity contribution in [2.24, 2.45) is 0 Å². The topological polar surface area (TPSA) is 48.1 Å². The van der Waals surface area contributed by atoms with Gasteiger partial charge >= 0.3 is 0 Å². The fourth-order valence-electron chi connectivity index (χ4n) is 1.67. The quantitative estimate of drug-likeness (QED) is 0.882. The smallest absolute Gasteiger partial charge is 0.219 e. The van der Waals surface area contributed by atoms with E-state index in [-0.39, 0.29) is 0 Å². The second-order valence-electron chi connectivity index (χ2n) is 4.41. The summed E-state index contributed by atoms with van der Waals surface area (Å²) in [6.45, 7) is 4.41. The average molecular weight is 242 g/mol. The number of rotatable bonds is 4. The van der Waals surface area contributed by atoms with Crippen LogP contribution in [0.25, 0.3) is 0 Å². The molecule has 1 unspecified atom stereocenters. The highest BCUT2D eigenvalue weighted by Crippen LogP contribution is 2.24. The number of aromatic nitrogens is 1. The van der Waals surface area contributed by atoms with Crippen LogP contribution in [0.4, 0.5) is 5.69 Å². The molecular formula is C15H18N2O. The van der Waals surface area contributed by atoms with Gasteiger partial charge in [0.25, 0.3) is 0 Å². The molecule has 1 heterocycles.